The van der Waals surface area contributed by atoms with Crippen LogP contribution in [0, 0.1) is 0 Å². The number of hydrogen-bond donors (Lipinski definition) is 1. The Morgan fingerprint density at radius 3 is 2.93 bits per heavy atom. The van der Waals surface area contributed by atoms with E-state index < -0.39 is 0 Å². The fourth-order valence-corrected chi connectivity index (χ4v) is 2.31. The molecule has 0 spiro atoms. The van der Waals surface area contributed by atoms with Crippen LogP contribution in [0.2, 0.25) is 0 Å². The van der Waals surface area contributed by atoms with Crippen LogP contribution in [0.5, 0.6) is 0 Å². The number of hydrogen-bond acceptors (Lipinski definition) is 4. The van der Waals surface area contributed by atoms with Crippen LogP contribution in [0.15, 0.2) is 11.6 Å². The molecule has 1 aromatic rings. The van der Waals surface area contributed by atoms with Gasteiger partial charge in [0, 0.05) is 11.6 Å². The molecule has 1 aliphatic rings. The van der Waals surface area contributed by atoms with Crippen molar-refractivity contribution < 1.29 is 4.79 Å². The number of rotatable bonds is 3. The van der Waals surface area contributed by atoms with Gasteiger partial charge in [0.25, 0.3) is 0 Å². The molecule has 4 nitrogen and oxygen atoms in total. The third-order valence-electron chi connectivity index (χ3n) is 2.49. The van der Waals surface area contributed by atoms with E-state index in [1.54, 1.807) is 6.20 Å². The van der Waals surface area contributed by atoms with Crippen molar-refractivity contribution in [2.45, 2.75) is 19.3 Å². The minimum Gasteiger partial charge on any atom is -0.301 e. The molecule has 82 valence electrons. The summed E-state index contributed by atoms with van der Waals surface area (Å²) < 4.78 is 0. The van der Waals surface area contributed by atoms with Crippen LogP contribution in [0.25, 0.3) is 0 Å². The van der Waals surface area contributed by atoms with Gasteiger partial charge >= 0.3 is 0 Å². The van der Waals surface area contributed by atoms with E-state index in [0.29, 0.717) is 11.7 Å². The molecule has 2 rings (SSSR count). The van der Waals surface area contributed by atoms with Crippen molar-refractivity contribution in [3.63, 3.8) is 0 Å². The molecule has 15 heavy (non-hydrogen) atoms. The van der Waals surface area contributed by atoms with Gasteiger partial charge in [0.1, 0.15) is 0 Å². The summed E-state index contributed by atoms with van der Waals surface area (Å²) in [6, 6.07) is 0. The average Bonchev–Trinajstić information content (AvgIpc) is 2.71. The molecule has 0 aromatic carbocycles. The molecule has 0 unspecified atom stereocenters. The van der Waals surface area contributed by atoms with Crippen molar-refractivity contribution in [1.29, 1.82) is 0 Å². The molecule has 1 N–H and O–H groups in total. The van der Waals surface area contributed by atoms with Crippen LogP contribution < -0.4 is 5.32 Å². The lowest BCUT2D eigenvalue weighted by Crippen LogP contribution is -2.36. The number of nitrogens with zero attached hydrogens (tertiary/aromatic N) is 2. The van der Waals surface area contributed by atoms with Gasteiger partial charge in [0.15, 0.2) is 5.13 Å². The Kier molecular flexibility index (Phi) is 3.69. The zero-order valence-electron chi connectivity index (χ0n) is 8.61. The Morgan fingerprint density at radius 2 is 2.27 bits per heavy atom. The number of anilines is 1. The van der Waals surface area contributed by atoms with Gasteiger partial charge < -0.3 is 5.32 Å². The van der Waals surface area contributed by atoms with Gasteiger partial charge in [-0.1, -0.05) is 6.42 Å². The van der Waals surface area contributed by atoms with Crippen molar-refractivity contribution in [3.8, 4) is 0 Å². The van der Waals surface area contributed by atoms with Crippen molar-refractivity contribution in [1.82, 2.24) is 9.88 Å². The summed E-state index contributed by atoms with van der Waals surface area (Å²) in [5.74, 6) is 0.0480. The standard InChI is InChI=1S/C10H15N3OS/c14-9(12-10-11-4-7-15-10)8-13-5-2-1-3-6-13/h4,7H,1-3,5-6,8H2,(H,11,12,14). The predicted octanol–water partition coefficient (Wildman–Crippen LogP) is 1.57. The normalized spacial score (nSPS) is 17.6. The molecule has 1 aliphatic heterocycles. The molecule has 5 heteroatoms. The van der Waals surface area contributed by atoms with Crippen LogP contribution in [0.4, 0.5) is 5.13 Å². The zero-order valence-corrected chi connectivity index (χ0v) is 9.42. The van der Waals surface area contributed by atoms with Crippen LogP contribution in [-0.4, -0.2) is 35.4 Å². The third-order valence-corrected chi connectivity index (χ3v) is 3.18. The van der Waals surface area contributed by atoms with Gasteiger partial charge in [-0.25, -0.2) is 4.98 Å². The maximum absolute atomic E-state index is 11.6. The van der Waals surface area contributed by atoms with Crippen LogP contribution in [0.3, 0.4) is 0 Å². The minimum absolute atomic E-state index is 0.0480. The lowest BCUT2D eigenvalue weighted by molar-refractivity contribution is -0.117. The summed E-state index contributed by atoms with van der Waals surface area (Å²) >= 11 is 1.45. The van der Waals surface area contributed by atoms with Crippen LogP contribution in [-0.2, 0) is 4.79 Å². The first kappa shape index (κ1) is 10.6. The lowest BCUT2D eigenvalue weighted by atomic mass is 10.1. The second-order valence-electron chi connectivity index (χ2n) is 3.72. The summed E-state index contributed by atoms with van der Waals surface area (Å²) in [7, 11) is 0. The van der Waals surface area contributed by atoms with E-state index in [9.17, 15) is 4.79 Å². The highest BCUT2D eigenvalue weighted by Gasteiger charge is 2.14. The highest BCUT2D eigenvalue weighted by atomic mass is 32.1. The van der Waals surface area contributed by atoms with Gasteiger partial charge in [0.2, 0.25) is 5.91 Å². The second kappa shape index (κ2) is 5.23. The Balaban J connectivity index is 1.76. The fraction of sp³-hybridized carbons (Fsp3) is 0.600. The molecular formula is C10H15N3OS. The molecule has 1 aromatic heterocycles. The van der Waals surface area contributed by atoms with Crippen molar-refractivity contribution in [2.75, 3.05) is 25.0 Å². The van der Waals surface area contributed by atoms with Gasteiger partial charge in [-0.3, -0.25) is 9.69 Å². The topological polar surface area (TPSA) is 45.2 Å². The average molecular weight is 225 g/mol. The first-order valence-corrected chi connectivity index (χ1v) is 6.14. The lowest BCUT2D eigenvalue weighted by Gasteiger charge is -2.25. The van der Waals surface area contributed by atoms with E-state index in [0.717, 1.165) is 13.1 Å². The van der Waals surface area contributed by atoms with E-state index in [2.05, 4.69) is 15.2 Å². The molecule has 1 amide bonds. The first-order chi connectivity index (χ1) is 7.34. The summed E-state index contributed by atoms with van der Waals surface area (Å²) in [5.41, 5.74) is 0. The van der Waals surface area contributed by atoms with Crippen LogP contribution in [0.1, 0.15) is 19.3 Å². The van der Waals surface area contributed by atoms with E-state index in [1.165, 1.54) is 30.6 Å². The van der Waals surface area contributed by atoms with E-state index >= 15 is 0 Å². The third kappa shape index (κ3) is 3.28. The predicted molar refractivity (Wildman–Crippen MR) is 61.0 cm³/mol. The number of amides is 1. The summed E-state index contributed by atoms with van der Waals surface area (Å²) in [4.78, 5) is 17.8. The van der Waals surface area contributed by atoms with E-state index in [4.69, 9.17) is 0 Å². The Morgan fingerprint density at radius 1 is 1.47 bits per heavy atom. The molecule has 2 heterocycles. The van der Waals surface area contributed by atoms with Gasteiger partial charge in [-0.2, -0.15) is 0 Å². The van der Waals surface area contributed by atoms with Gasteiger partial charge in [0.05, 0.1) is 6.54 Å². The minimum atomic E-state index is 0.0480. The van der Waals surface area contributed by atoms with Crippen molar-refractivity contribution in [2.24, 2.45) is 0 Å². The Bertz CT molecular complexity index is 306. The van der Waals surface area contributed by atoms with Crippen molar-refractivity contribution in [3.05, 3.63) is 11.6 Å². The number of carbonyl (C=O) groups is 1. The number of piperidine rings is 1. The Labute approximate surface area is 93.3 Å². The van der Waals surface area contributed by atoms with E-state index in [1.807, 2.05) is 5.38 Å². The molecule has 0 saturated carbocycles. The van der Waals surface area contributed by atoms with Crippen LogP contribution >= 0.6 is 11.3 Å². The number of likely N-dealkylation sites (tertiary alicyclic amines) is 1. The number of thiazole rings is 1. The monoisotopic (exact) mass is 225 g/mol. The molecule has 0 bridgehead atoms. The quantitative estimate of drug-likeness (QED) is 0.849. The largest absolute Gasteiger partial charge is 0.301 e. The maximum Gasteiger partial charge on any atom is 0.240 e. The smallest absolute Gasteiger partial charge is 0.240 e. The second-order valence-corrected chi connectivity index (χ2v) is 4.62. The summed E-state index contributed by atoms with van der Waals surface area (Å²) in [6.07, 6.45) is 5.42. The van der Waals surface area contributed by atoms with Gasteiger partial charge in [-0.15, -0.1) is 11.3 Å². The number of nitrogens with one attached hydrogen (secondary N) is 1. The van der Waals surface area contributed by atoms with Gasteiger partial charge in [-0.05, 0) is 25.9 Å². The number of aromatic nitrogens is 1. The SMILES string of the molecule is O=C(CN1CCCCC1)Nc1nccs1. The fourth-order valence-electron chi connectivity index (χ4n) is 1.76. The maximum atomic E-state index is 11.6. The molecule has 1 fully saturated rings. The first-order valence-electron chi connectivity index (χ1n) is 5.26. The Hall–Kier alpha value is -0.940. The molecule has 0 aliphatic carbocycles. The number of carbonyl (C=O) groups excluding carboxylic acids is 1. The highest BCUT2D eigenvalue weighted by Crippen LogP contribution is 2.11. The summed E-state index contributed by atoms with van der Waals surface area (Å²) in [5, 5.41) is 5.35. The van der Waals surface area contributed by atoms with Crippen molar-refractivity contribution >= 4 is 22.4 Å². The highest BCUT2D eigenvalue weighted by molar-refractivity contribution is 7.13. The van der Waals surface area contributed by atoms with E-state index in [-0.39, 0.29) is 5.91 Å². The molecular weight excluding hydrogens is 210 g/mol. The molecule has 0 atom stereocenters. The molecule has 1 saturated heterocycles. The summed E-state index contributed by atoms with van der Waals surface area (Å²) in [6.45, 7) is 2.59. The molecule has 0 radical (unpaired) electrons. The zero-order chi connectivity index (χ0) is 10.5.